The summed E-state index contributed by atoms with van der Waals surface area (Å²) in [6.07, 6.45) is 1.99. The molecule has 1 unspecified atom stereocenters. The Balaban J connectivity index is 1.67. The molecule has 5 rings (SSSR count). The van der Waals surface area contributed by atoms with Crippen LogP contribution in [0.2, 0.25) is 0 Å². The van der Waals surface area contributed by atoms with Gasteiger partial charge in [0, 0.05) is 28.6 Å². The quantitative estimate of drug-likeness (QED) is 0.613. The van der Waals surface area contributed by atoms with Gasteiger partial charge in [0.15, 0.2) is 5.78 Å². The molecule has 0 bridgehead atoms. The van der Waals surface area contributed by atoms with Gasteiger partial charge in [-0.15, -0.1) is 0 Å². The van der Waals surface area contributed by atoms with E-state index >= 15 is 0 Å². The van der Waals surface area contributed by atoms with Crippen LogP contribution in [-0.2, 0) is 0 Å². The van der Waals surface area contributed by atoms with E-state index in [1.807, 2.05) is 17.9 Å². The van der Waals surface area contributed by atoms with Gasteiger partial charge >= 0.3 is 5.63 Å². The molecule has 0 spiro atoms. The molecular weight excluding hydrogens is 380 g/mol. The van der Waals surface area contributed by atoms with Gasteiger partial charge in [0.25, 0.3) is 0 Å². The van der Waals surface area contributed by atoms with Crippen LogP contribution in [0.15, 0.2) is 62.7 Å². The zero-order valence-corrected chi connectivity index (χ0v) is 16.6. The summed E-state index contributed by atoms with van der Waals surface area (Å²) in [5.41, 5.74) is 2.35. The summed E-state index contributed by atoms with van der Waals surface area (Å²) >= 11 is 0. The highest BCUT2D eigenvalue weighted by molar-refractivity contribution is 6.55. The van der Waals surface area contributed by atoms with Crippen LogP contribution in [0.4, 0.5) is 5.69 Å². The van der Waals surface area contributed by atoms with Crippen molar-refractivity contribution >= 4 is 33.9 Å². The smallest absolute Gasteiger partial charge is 0.336 e. The third-order valence-electron chi connectivity index (χ3n) is 5.87. The maximum Gasteiger partial charge on any atom is 0.336 e. The first-order chi connectivity index (χ1) is 14.5. The van der Waals surface area contributed by atoms with Gasteiger partial charge in [0.2, 0.25) is 5.78 Å². The number of aliphatic imine (C=N–C) groups is 1. The number of ketones is 2. The predicted octanol–water partition coefficient (Wildman–Crippen LogP) is 3.72. The summed E-state index contributed by atoms with van der Waals surface area (Å²) in [7, 11) is 0. The summed E-state index contributed by atoms with van der Waals surface area (Å²) in [4.78, 5) is 45.1. The van der Waals surface area contributed by atoms with Crippen LogP contribution < -0.4 is 5.63 Å². The molecule has 1 aliphatic heterocycles. The van der Waals surface area contributed by atoms with Gasteiger partial charge in [-0.3, -0.25) is 14.5 Å². The molecular formula is C24H20N2O4. The van der Waals surface area contributed by atoms with E-state index in [2.05, 4.69) is 4.99 Å². The fourth-order valence-corrected chi connectivity index (χ4v) is 4.40. The van der Waals surface area contributed by atoms with Crippen molar-refractivity contribution in [1.29, 1.82) is 0 Å². The number of carbonyl (C=O) groups is 2. The fourth-order valence-electron chi connectivity index (χ4n) is 4.40. The molecule has 2 heterocycles. The zero-order chi connectivity index (χ0) is 20.8. The van der Waals surface area contributed by atoms with Crippen molar-refractivity contribution in [2.24, 2.45) is 4.99 Å². The molecule has 150 valence electrons. The van der Waals surface area contributed by atoms with Crippen LogP contribution in [0.5, 0.6) is 0 Å². The van der Waals surface area contributed by atoms with Gasteiger partial charge in [0.1, 0.15) is 17.3 Å². The molecule has 3 aromatic rings. The lowest BCUT2D eigenvalue weighted by atomic mass is 9.83. The topological polar surface area (TPSA) is 80.0 Å². The number of likely N-dealkylation sites (tertiary alicyclic amines) is 1. The zero-order valence-electron chi connectivity index (χ0n) is 16.6. The molecule has 1 atom stereocenters. The molecule has 30 heavy (non-hydrogen) atoms. The Kier molecular flexibility index (Phi) is 4.44. The van der Waals surface area contributed by atoms with E-state index in [-0.39, 0.29) is 17.3 Å². The van der Waals surface area contributed by atoms with Crippen LogP contribution >= 0.6 is 0 Å². The van der Waals surface area contributed by atoms with Crippen molar-refractivity contribution in [1.82, 2.24) is 4.90 Å². The Hall–Kier alpha value is -3.38. The largest absolute Gasteiger partial charge is 0.423 e. The molecule has 0 saturated carbocycles. The van der Waals surface area contributed by atoms with Crippen molar-refractivity contribution in [2.45, 2.75) is 25.8 Å². The van der Waals surface area contributed by atoms with Crippen LogP contribution in [0.25, 0.3) is 11.0 Å². The summed E-state index contributed by atoms with van der Waals surface area (Å²) < 4.78 is 5.32. The lowest BCUT2D eigenvalue weighted by molar-refractivity contribution is 0.0873. The van der Waals surface area contributed by atoms with E-state index in [9.17, 15) is 14.4 Å². The molecule has 0 N–H and O–H groups in total. The average molecular weight is 400 g/mol. The highest BCUT2D eigenvalue weighted by Gasteiger charge is 2.42. The Morgan fingerprint density at radius 3 is 2.47 bits per heavy atom. The Bertz CT molecular complexity index is 1280. The van der Waals surface area contributed by atoms with Crippen LogP contribution in [0.3, 0.4) is 0 Å². The minimum Gasteiger partial charge on any atom is -0.423 e. The van der Waals surface area contributed by atoms with Gasteiger partial charge in [-0.05, 0) is 50.6 Å². The van der Waals surface area contributed by atoms with E-state index in [1.165, 1.54) is 6.07 Å². The first-order valence-electron chi connectivity index (χ1n) is 10.1. The number of aryl methyl sites for hydroxylation is 1. The maximum absolute atomic E-state index is 13.3. The molecule has 0 amide bonds. The van der Waals surface area contributed by atoms with E-state index in [0.717, 1.165) is 36.9 Å². The highest BCUT2D eigenvalue weighted by atomic mass is 16.4. The molecule has 6 nitrogen and oxygen atoms in total. The van der Waals surface area contributed by atoms with E-state index in [4.69, 9.17) is 4.42 Å². The molecule has 6 heteroatoms. The number of rotatable bonds is 2. The number of fused-ring (bicyclic) bond motifs is 2. The summed E-state index contributed by atoms with van der Waals surface area (Å²) in [6, 6.07) is 12.9. The van der Waals surface area contributed by atoms with Crippen molar-refractivity contribution in [3.8, 4) is 0 Å². The van der Waals surface area contributed by atoms with Gasteiger partial charge in [-0.25, -0.2) is 9.79 Å². The summed E-state index contributed by atoms with van der Waals surface area (Å²) in [6.45, 7) is 3.36. The second-order valence-corrected chi connectivity index (χ2v) is 7.81. The number of benzene rings is 2. The monoisotopic (exact) mass is 400 g/mol. The molecule has 2 aromatic carbocycles. The maximum atomic E-state index is 13.3. The number of hydrogen-bond donors (Lipinski definition) is 0. The average Bonchev–Trinajstić information content (AvgIpc) is 3.26. The number of Topliss-reactive ketones (excluding diaryl/α,β-unsaturated/α-hetero) is 2. The lowest BCUT2D eigenvalue weighted by Gasteiger charge is -2.31. The SMILES string of the molecule is Cc1cc(=O)oc2cc(N=C3C(=O)c4ccccc4C(=O)C3N3CCCC3)ccc12. The fraction of sp³-hybridized carbons (Fsp3) is 0.250. The van der Waals surface area contributed by atoms with Crippen molar-refractivity contribution in [2.75, 3.05) is 13.1 Å². The highest BCUT2D eigenvalue weighted by Crippen LogP contribution is 2.29. The van der Waals surface area contributed by atoms with Gasteiger partial charge in [-0.1, -0.05) is 24.3 Å². The summed E-state index contributed by atoms with van der Waals surface area (Å²) in [5.74, 6) is -0.318. The van der Waals surface area contributed by atoms with Gasteiger partial charge < -0.3 is 4.42 Å². The third-order valence-corrected chi connectivity index (χ3v) is 5.87. The number of carbonyl (C=O) groups excluding carboxylic acids is 2. The van der Waals surface area contributed by atoms with Gasteiger partial charge in [-0.2, -0.15) is 0 Å². The number of nitrogens with zero attached hydrogens (tertiary/aromatic N) is 2. The molecule has 1 aromatic heterocycles. The Labute approximate surface area is 172 Å². The molecule has 0 radical (unpaired) electrons. The van der Waals surface area contributed by atoms with Gasteiger partial charge in [0.05, 0.1) is 5.69 Å². The molecule has 1 aliphatic carbocycles. The second kappa shape index (κ2) is 7.15. The van der Waals surface area contributed by atoms with Crippen LogP contribution in [0, 0.1) is 6.92 Å². The standard InChI is InChI=1S/C24H20N2O4/c1-14-12-20(27)30-19-13-15(8-9-16(14)19)25-21-22(26-10-4-5-11-26)24(29)18-7-3-2-6-17(18)23(21)28/h2-3,6-9,12-13,22H,4-5,10-11H2,1H3. The second-order valence-electron chi connectivity index (χ2n) is 7.81. The van der Waals surface area contributed by atoms with Crippen molar-refractivity contribution in [3.63, 3.8) is 0 Å². The summed E-state index contributed by atoms with van der Waals surface area (Å²) in [5, 5.41) is 0.811. The lowest BCUT2D eigenvalue weighted by Crippen LogP contribution is -2.51. The Morgan fingerprint density at radius 2 is 1.70 bits per heavy atom. The predicted molar refractivity (Wildman–Crippen MR) is 114 cm³/mol. The number of hydrogen-bond acceptors (Lipinski definition) is 6. The minimum absolute atomic E-state index is 0.0889. The molecule has 1 saturated heterocycles. The minimum atomic E-state index is -0.685. The van der Waals surface area contributed by atoms with Crippen LogP contribution in [-0.4, -0.2) is 41.3 Å². The normalized spacial score (nSPS) is 20.8. The van der Waals surface area contributed by atoms with E-state index < -0.39 is 11.7 Å². The third kappa shape index (κ3) is 3.00. The van der Waals surface area contributed by atoms with Crippen molar-refractivity contribution in [3.05, 3.63) is 75.6 Å². The van der Waals surface area contributed by atoms with E-state index in [1.54, 1.807) is 36.4 Å². The first kappa shape index (κ1) is 18.6. The van der Waals surface area contributed by atoms with Crippen molar-refractivity contribution < 1.29 is 14.0 Å². The first-order valence-corrected chi connectivity index (χ1v) is 10.1. The molecule has 1 fully saturated rings. The molecule has 2 aliphatic rings. The van der Waals surface area contributed by atoms with Crippen LogP contribution in [0.1, 0.15) is 39.1 Å². The Morgan fingerprint density at radius 1 is 0.967 bits per heavy atom. The van der Waals surface area contributed by atoms with E-state index in [0.29, 0.717) is 22.4 Å².